The summed E-state index contributed by atoms with van der Waals surface area (Å²) in [6.07, 6.45) is 6.79. The van der Waals surface area contributed by atoms with Crippen LogP contribution in [0.3, 0.4) is 0 Å². The fourth-order valence-corrected chi connectivity index (χ4v) is 1.38. The van der Waals surface area contributed by atoms with Crippen LogP contribution in [0.15, 0.2) is 11.6 Å². The minimum Gasteiger partial charge on any atom is -0.450 e. The van der Waals surface area contributed by atoms with Gasteiger partial charge in [-0.25, -0.2) is 4.79 Å². The van der Waals surface area contributed by atoms with Crippen molar-refractivity contribution in [3.8, 4) is 0 Å². The molecule has 0 aromatic rings. The summed E-state index contributed by atoms with van der Waals surface area (Å²) in [7, 11) is 0. The van der Waals surface area contributed by atoms with Gasteiger partial charge in [0, 0.05) is 0 Å². The van der Waals surface area contributed by atoms with E-state index in [-0.39, 0.29) is 6.10 Å². The van der Waals surface area contributed by atoms with Crippen LogP contribution in [0.1, 0.15) is 32.6 Å². The molecule has 11 heavy (non-hydrogen) atoms. The Morgan fingerprint density at radius 3 is 3.00 bits per heavy atom. The van der Waals surface area contributed by atoms with E-state index in [0.717, 1.165) is 12.8 Å². The molecule has 1 rings (SSSR count). The lowest BCUT2D eigenvalue weighted by Gasteiger charge is -2.17. The van der Waals surface area contributed by atoms with Crippen molar-refractivity contribution in [2.45, 2.75) is 38.7 Å². The van der Waals surface area contributed by atoms with E-state index < -0.39 is 0 Å². The monoisotopic (exact) mass is 153 g/mol. The minimum atomic E-state index is -0.0622. The van der Waals surface area contributed by atoms with Crippen molar-refractivity contribution in [1.29, 1.82) is 0 Å². The maximum absolute atomic E-state index is 9.88. The van der Waals surface area contributed by atoms with Crippen LogP contribution in [0.4, 0.5) is 0 Å². The normalized spacial score (nSPS) is 20.3. The summed E-state index contributed by atoms with van der Waals surface area (Å²) in [5, 5.41) is 0. The third kappa shape index (κ3) is 2.37. The molecule has 0 saturated heterocycles. The molecule has 0 amide bonds. The van der Waals surface area contributed by atoms with Crippen LogP contribution in [0.5, 0.6) is 0 Å². The molecule has 0 aromatic heterocycles. The maximum atomic E-state index is 9.88. The average molecular weight is 153 g/mol. The molecule has 0 bridgehead atoms. The Hall–Kier alpha value is -0.790. The molecule has 0 saturated carbocycles. The van der Waals surface area contributed by atoms with Gasteiger partial charge in [0.1, 0.15) is 6.10 Å². The van der Waals surface area contributed by atoms with Crippen molar-refractivity contribution in [1.82, 2.24) is 0 Å². The average Bonchev–Trinajstić information content (AvgIpc) is 2.07. The van der Waals surface area contributed by atoms with Gasteiger partial charge >= 0.3 is 6.47 Å². The van der Waals surface area contributed by atoms with Gasteiger partial charge in [-0.3, -0.25) is 0 Å². The van der Waals surface area contributed by atoms with Crippen LogP contribution in [-0.2, 0) is 9.53 Å². The highest BCUT2D eigenvalue weighted by atomic mass is 16.5. The van der Waals surface area contributed by atoms with Gasteiger partial charge in [-0.1, -0.05) is 6.08 Å². The molecule has 0 N–H and O–H groups in total. The van der Waals surface area contributed by atoms with Crippen molar-refractivity contribution in [3.63, 3.8) is 0 Å². The van der Waals surface area contributed by atoms with Gasteiger partial charge in [-0.05, 0) is 38.2 Å². The first-order valence-electron chi connectivity index (χ1n) is 4.06. The second-order valence-electron chi connectivity index (χ2n) is 2.87. The molecular weight excluding hydrogens is 140 g/mol. The highest BCUT2D eigenvalue weighted by Crippen LogP contribution is 2.21. The van der Waals surface area contributed by atoms with Crippen molar-refractivity contribution >= 4 is 6.47 Å². The predicted octanol–water partition coefficient (Wildman–Crippen LogP) is 1.96. The van der Waals surface area contributed by atoms with E-state index in [4.69, 9.17) is 4.74 Å². The summed E-state index contributed by atoms with van der Waals surface area (Å²) >= 11 is 0. The lowest BCUT2D eigenvalue weighted by atomic mass is 9.96. The third-order valence-electron chi connectivity index (χ3n) is 2.07. The molecule has 1 radical (unpaired) electrons. The van der Waals surface area contributed by atoms with Crippen molar-refractivity contribution in [3.05, 3.63) is 11.6 Å². The van der Waals surface area contributed by atoms with Crippen LogP contribution < -0.4 is 0 Å². The lowest BCUT2D eigenvalue weighted by Crippen LogP contribution is -2.12. The zero-order chi connectivity index (χ0) is 8.10. The third-order valence-corrected chi connectivity index (χ3v) is 2.07. The Morgan fingerprint density at radius 2 is 2.45 bits per heavy atom. The number of ether oxygens (including phenoxy) is 1. The first kappa shape index (κ1) is 8.31. The molecule has 2 nitrogen and oxygen atoms in total. The Kier molecular flexibility index (Phi) is 3.14. The molecule has 1 unspecified atom stereocenters. The van der Waals surface area contributed by atoms with Gasteiger partial charge in [-0.2, -0.15) is 0 Å². The first-order chi connectivity index (χ1) is 5.34. The van der Waals surface area contributed by atoms with Crippen LogP contribution >= 0.6 is 0 Å². The van der Waals surface area contributed by atoms with Gasteiger partial charge < -0.3 is 4.74 Å². The highest BCUT2D eigenvalue weighted by Gasteiger charge is 2.11. The molecule has 0 fully saturated rings. The summed E-state index contributed by atoms with van der Waals surface area (Å²) in [5.41, 5.74) is 1.25. The van der Waals surface area contributed by atoms with Gasteiger partial charge in [0.2, 0.25) is 0 Å². The number of allylic oxidation sites excluding steroid dienone is 1. The lowest BCUT2D eigenvalue weighted by molar-refractivity contribution is 0.219. The van der Waals surface area contributed by atoms with Crippen LogP contribution in [0.25, 0.3) is 0 Å². The van der Waals surface area contributed by atoms with Gasteiger partial charge in [0.25, 0.3) is 0 Å². The highest BCUT2D eigenvalue weighted by molar-refractivity contribution is 5.39. The molecule has 0 aliphatic heterocycles. The van der Waals surface area contributed by atoms with Gasteiger partial charge in [-0.15, -0.1) is 0 Å². The van der Waals surface area contributed by atoms with Gasteiger partial charge in [0.15, 0.2) is 0 Å². The zero-order valence-electron chi connectivity index (χ0n) is 6.80. The summed E-state index contributed by atoms with van der Waals surface area (Å²) < 4.78 is 4.71. The summed E-state index contributed by atoms with van der Waals surface area (Å²) in [4.78, 5) is 9.88. The van der Waals surface area contributed by atoms with E-state index >= 15 is 0 Å². The smallest absolute Gasteiger partial charge is 0.418 e. The van der Waals surface area contributed by atoms with Crippen LogP contribution in [0.2, 0.25) is 0 Å². The Bertz CT molecular complexity index is 161. The fraction of sp³-hybridized carbons (Fsp3) is 0.667. The number of hydrogen-bond acceptors (Lipinski definition) is 2. The molecule has 1 atom stereocenters. The molecule has 1 aliphatic carbocycles. The van der Waals surface area contributed by atoms with Crippen molar-refractivity contribution < 1.29 is 9.53 Å². The van der Waals surface area contributed by atoms with E-state index in [9.17, 15) is 4.79 Å². The number of hydrogen-bond donors (Lipinski definition) is 0. The Balaban J connectivity index is 2.43. The molecular formula is C9H13O2. The fourth-order valence-electron chi connectivity index (χ4n) is 1.38. The number of carbonyl (C=O) groups excluding carboxylic acids is 1. The first-order valence-corrected chi connectivity index (χ1v) is 4.06. The van der Waals surface area contributed by atoms with E-state index in [1.54, 1.807) is 0 Å². The summed E-state index contributed by atoms with van der Waals surface area (Å²) in [6, 6.07) is 0. The molecule has 1 aliphatic rings. The minimum absolute atomic E-state index is 0.0622. The maximum Gasteiger partial charge on any atom is 0.418 e. The second kappa shape index (κ2) is 4.16. The molecule has 2 heteroatoms. The topological polar surface area (TPSA) is 26.3 Å². The van der Waals surface area contributed by atoms with E-state index in [0.29, 0.717) is 0 Å². The Morgan fingerprint density at radius 1 is 1.64 bits per heavy atom. The van der Waals surface area contributed by atoms with E-state index in [2.05, 4.69) is 6.08 Å². The standard InChI is InChI=1S/C9H13O2/c1-8(11-7-10)9-5-3-2-4-6-9/h5,8H,2-4,6H2,1H3. The van der Waals surface area contributed by atoms with Gasteiger partial charge in [0.05, 0.1) is 0 Å². The molecule has 0 heterocycles. The van der Waals surface area contributed by atoms with Crippen LogP contribution in [0, 0.1) is 0 Å². The van der Waals surface area contributed by atoms with E-state index in [1.165, 1.54) is 24.9 Å². The molecule has 0 spiro atoms. The predicted molar refractivity (Wildman–Crippen MR) is 42.8 cm³/mol. The quantitative estimate of drug-likeness (QED) is 0.579. The summed E-state index contributed by atoms with van der Waals surface area (Å²) in [5.74, 6) is 0. The van der Waals surface area contributed by atoms with Crippen LogP contribution in [-0.4, -0.2) is 12.6 Å². The SMILES string of the molecule is CC(O[C]=O)C1=CCCCC1. The largest absolute Gasteiger partial charge is 0.450 e. The molecule has 0 aromatic carbocycles. The second-order valence-corrected chi connectivity index (χ2v) is 2.87. The van der Waals surface area contributed by atoms with E-state index in [1.807, 2.05) is 6.92 Å². The summed E-state index contributed by atoms with van der Waals surface area (Å²) in [6.45, 7) is 3.36. The Labute approximate surface area is 67.2 Å². The zero-order valence-corrected chi connectivity index (χ0v) is 6.80. The molecule has 61 valence electrons. The van der Waals surface area contributed by atoms with Crippen molar-refractivity contribution in [2.75, 3.05) is 0 Å². The number of rotatable bonds is 3. The van der Waals surface area contributed by atoms with Crippen molar-refractivity contribution in [2.24, 2.45) is 0 Å².